The van der Waals surface area contributed by atoms with Crippen molar-refractivity contribution in [1.29, 1.82) is 0 Å². The molecule has 1 atom stereocenters. The number of anilines is 1. The van der Waals surface area contributed by atoms with E-state index in [0.717, 1.165) is 17.8 Å². The maximum Gasteiger partial charge on any atom is 0.255 e. The van der Waals surface area contributed by atoms with Crippen LogP contribution in [-0.4, -0.2) is 26.9 Å². The Morgan fingerprint density at radius 2 is 1.70 bits per heavy atom. The van der Waals surface area contributed by atoms with Gasteiger partial charge in [0.1, 0.15) is 0 Å². The molecule has 0 saturated carbocycles. The lowest BCUT2D eigenvalue weighted by Gasteiger charge is -2.13. The highest BCUT2D eigenvalue weighted by Crippen LogP contribution is 2.17. The number of amides is 1. The summed E-state index contributed by atoms with van der Waals surface area (Å²) in [6.07, 6.45) is 0.700. The highest BCUT2D eigenvalue weighted by Gasteiger charge is 2.17. The molecule has 0 spiro atoms. The number of rotatable bonds is 9. The minimum atomic E-state index is -3.58. The summed E-state index contributed by atoms with van der Waals surface area (Å²) in [5, 5.41) is 6.13. The third-order valence-electron chi connectivity index (χ3n) is 4.23. The average Bonchev–Trinajstić information content (AvgIpc) is 2.67. The van der Waals surface area contributed by atoms with Gasteiger partial charge in [-0.2, -0.15) is 0 Å². The van der Waals surface area contributed by atoms with Crippen LogP contribution in [0.2, 0.25) is 0 Å². The van der Waals surface area contributed by atoms with Crippen LogP contribution in [0.4, 0.5) is 5.69 Å². The van der Waals surface area contributed by atoms with Gasteiger partial charge in [-0.15, -0.1) is 0 Å². The summed E-state index contributed by atoms with van der Waals surface area (Å²) >= 11 is 0. The Morgan fingerprint density at radius 3 is 2.33 bits per heavy atom. The van der Waals surface area contributed by atoms with Crippen LogP contribution in [0.25, 0.3) is 0 Å². The van der Waals surface area contributed by atoms with Crippen molar-refractivity contribution in [3.63, 3.8) is 0 Å². The molecule has 7 heteroatoms. The van der Waals surface area contributed by atoms with Gasteiger partial charge in [-0.1, -0.05) is 32.0 Å². The van der Waals surface area contributed by atoms with E-state index in [1.165, 1.54) is 24.3 Å². The van der Waals surface area contributed by atoms with E-state index in [2.05, 4.69) is 15.4 Å². The summed E-state index contributed by atoms with van der Waals surface area (Å²) in [7, 11) is -3.58. The van der Waals surface area contributed by atoms with Crippen LogP contribution >= 0.6 is 0 Å². The zero-order valence-corrected chi connectivity index (χ0v) is 16.8. The van der Waals surface area contributed by atoms with Gasteiger partial charge in [0.15, 0.2) is 0 Å². The van der Waals surface area contributed by atoms with Crippen LogP contribution in [0.15, 0.2) is 53.4 Å². The Labute approximate surface area is 161 Å². The van der Waals surface area contributed by atoms with Crippen molar-refractivity contribution in [2.45, 2.75) is 44.7 Å². The lowest BCUT2D eigenvalue weighted by molar-refractivity contribution is 0.102. The van der Waals surface area contributed by atoms with E-state index < -0.39 is 10.0 Å². The van der Waals surface area contributed by atoms with E-state index >= 15 is 0 Å². The number of sulfonamides is 1. The van der Waals surface area contributed by atoms with Crippen molar-refractivity contribution in [2.75, 3.05) is 11.9 Å². The van der Waals surface area contributed by atoms with Gasteiger partial charge in [-0.25, -0.2) is 13.1 Å². The quantitative estimate of drug-likeness (QED) is 0.615. The zero-order valence-electron chi connectivity index (χ0n) is 16.0. The molecule has 6 nitrogen and oxygen atoms in total. The Balaban J connectivity index is 2.13. The molecule has 0 heterocycles. The second-order valence-electron chi connectivity index (χ2n) is 6.35. The fraction of sp³-hybridized carbons (Fsp3) is 0.350. The van der Waals surface area contributed by atoms with Crippen LogP contribution in [0, 0.1) is 0 Å². The molecule has 2 aromatic carbocycles. The maximum absolute atomic E-state index is 12.5. The number of benzene rings is 2. The molecule has 2 aromatic rings. The first kappa shape index (κ1) is 21.1. The summed E-state index contributed by atoms with van der Waals surface area (Å²) < 4.78 is 27.2. The minimum Gasteiger partial charge on any atom is -0.322 e. The number of hydrogen-bond donors (Lipinski definition) is 3. The van der Waals surface area contributed by atoms with Crippen molar-refractivity contribution >= 4 is 21.6 Å². The first-order chi connectivity index (χ1) is 12.9. The van der Waals surface area contributed by atoms with Gasteiger partial charge in [-0.05, 0) is 55.8 Å². The summed E-state index contributed by atoms with van der Waals surface area (Å²) in [6.45, 7) is 7.24. The lowest BCUT2D eigenvalue weighted by Crippen LogP contribution is -2.32. The molecule has 27 heavy (non-hydrogen) atoms. The van der Waals surface area contributed by atoms with Crippen molar-refractivity contribution in [1.82, 2.24) is 10.0 Å². The second kappa shape index (κ2) is 9.64. The average molecular weight is 390 g/mol. The Hall–Kier alpha value is -2.22. The van der Waals surface area contributed by atoms with E-state index in [9.17, 15) is 13.2 Å². The Morgan fingerprint density at radius 1 is 1.04 bits per heavy atom. The van der Waals surface area contributed by atoms with Gasteiger partial charge < -0.3 is 10.6 Å². The van der Waals surface area contributed by atoms with E-state index in [1.807, 2.05) is 45.0 Å². The fourth-order valence-corrected chi connectivity index (χ4v) is 3.78. The van der Waals surface area contributed by atoms with Crippen LogP contribution in [-0.2, 0) is 16.6 Å². The van der Waals surface area contributed by atoms with Gasteiger partial charge in [0.2, 0.25) is 10.0 Å². The van der Waals surface area contributed by atoms with Crippen molar-refractivity contribution in [3.8, 4) is 0 Å². The molecule has 1 unspecified atom stereocenters. The number of nitrogens with one attached hydrogen (secondary N) is 3. The van der Waals surface area contributed by atoms with Crippen molar-refractivity contribution in [3.05, 3.63) is 59.7 Å². The highest BCUT2D eigenvalue weighted by atomic mass is 32.2. The Bertz CT molecular complexity index is 864. The predicted octanol–water partition coefficient (Wildman–Crippen LogP) is 3.13. The van der Waals surface area contributed by atoms with Gasteiger partial charge >= 0.3 is 0 Å². The van der Waals surface area contributed by atoms with Crippen LogP contribution < -0.4 is 15.4 Å². The molecule has 0 saturated heterocycles. The molecule has 146 valence electrons. The second-order valence-corrected chi connectivity index (χ2v) is 8.06. The predicted molar refractivity (Wildman–Crippen MR) is 108 cm³/mol. The smallest absolute Gasteiger partial charge is 0.255 e. The Kier molecular flexibility index (Phi) is 7.53. The molecule has 0 aliphatic rings. The number of carbonyl (C=O) groups excluding carboxylic acids is 1. The van der Waals surface area contributed by atoms with Gasteiger partial charge in [-0.3, -0.25) is 4.79 Å². The van der Waals surface area contributed by atoms with Gasteiger partial charge in [0.05, 0.1) is 4.90 Å². The van der Waals surface area contributed by atoms with Gasteiger partial charge in [0.25, 0.3) is 5.91 Å². The minimum absolute atomic E-state index is 0.145. The SMILES string of the molecule is CCNCc1ccccc1NC(=O)c1ccc(S(=O)(=O)NC(C)CC)cc1. The standard InChI is InChI=1S/C20H27N3O3S/c1-4-15(3)23-27(25,26)18-12-10-16(11-13-18)20(24)22-19-9-7-6-8-17(19)14-21-5-2/h6-13,15,21,23H,4-5,14H2,1-3H3,(H,22,24). The largest absolute Gasteiger partial charge is 0.322 e. The monoisotopic (exact) mass is 389 g/mol. The molecular formula is C20H27N3O3S. The first-order valence-corrected chi connectivity index (χ1v) is 10.6. The van der Waals surface area contributed by atoms with Crippen molar-refractivity contribution < 1.29 is 13.2 Å². The fourth-order valence-electron chi connectivity index (χ4n) is 2.45. The maximum atomic E-state index is 12.5. The van der Waals surface area contributed by atoms with Gasteiger partial charge in [0, 0.05) is 23.8 Å². The highest BCUT2D eigenvalue weighted by molar-refractivity contribution is 7.89. The molecule has 0 aliphatic heterocycles. The van der Waals surface area contributed by atoms with E-state index in [0.29, 0.717) is 18.5 Å². The molecule has 2 rings (SSSR count). The summed E-state index contributed by atoms with van der Waals surface area (Å²) in [4.78, 5) is 12.7. The summed E-state index contributed by atoms with van der Waals surface area (Å²) in [6, 6.07) is 13.4. The van der Waals surface area contributed by atoms with Crippen molar-refractivity contribution in [2.24, 2.45) is 0 Å². The van der Waals surface area contributed by atoms with E-state index in [1.54, 1.807) is 0 Å². The molecule has 0 aliphatic carbocycles. The molecule has 0 fully saturated rings. The molecule has 1 amide bonds. The summed E-state index contributed by atoms with van der Waals surface area (Å²) in [5.74, 6) is -0.280. The molecule has 0 bridgehead atoms. The first-order valence-electron chi connectivity index (χ1n) is 9.09. The normalized spacial score (nSPS) is 12.6. The van der Waals surface area contributed by atoms with Crippen LogP contribution in [0.3, 0.4) is 0 Å². The molecule has 0 aromatic heterocycles. The van der Waals surface area contributed by atoms with Crippen LogP contribution in [0.5, 0.6) is 0 Å². The number of carbonyl (C=O) groups is 1. The third-order valence-corrected chi connectivity index (χ3v) is 5.83. The number of para-hydroxylation sites is 1. The third kappa shape index (κ3) is 5.89. The molecule has 0 radical (unpaired) electrons. The van der Waals surface area contributed by atoms with E-state index in [-0.39, 0.29) is 16.8 Å². The lowest BCUT2D eigenvalue weighted by atomic mass is 10.1. The summed E-state index contributed by atoms with van der Waals surface area (Å²) in [5.41, 5.74) is 2.12. The zero-order chi connectivity index (χ0) is 19.9. The molecular weight excluding hydrogens is 362 g/mol. The number of hydrogen-bond acceptors (Lipinski definition) is 4. The molecule has 3 N–H and O–H groups in total. The topological polar surface area (TPSA) is 87.3 Å². The van der Waals surface area contributed by atoms with Crippen LogP contribution in [0.1, 0.15) is 43.1 Å². The van der Waals surface area contributed by atoms with E-state index in [4.69, 9.17) is 0 Å².